The Morgan fingerprint density at radius 3 is 2.86 bits per heavy atom. The van der Waals surface area contributed by atoms with Crippen LogP contribution in [-0.4, -0.2) is 45.1 Å². The molecule has 2 aliphatic rings. The highest BCUT2D eigenvalue weighted by Gasteiger charge is 2.50. The second kappa shape index (κ2) is 5.95. The standard InChI is InChI=1S/C15H21N3O3.ClH/c1-15-7-8-17(3)21-13(15)18(4)12-6-5-10(9-11(12)15)20-14(19)16-2;/h5-6,9,13H,7-8H2,1-4H3,(H,16,19);1H/t13-,15-;/m0./s1. The maximum absolute atomic E-state index is 11.4. The number of nitrogens with one attached hydrogen (secondary N) is 1. The number of ether oxygens (including phenoxy) is 1. The van der Waals surface area contributed by atoms with Crippen molar-refractivity contribution < 1.29 is 14.4 Å². The van der Waals surface area contributed by atoms with Crippen LogP contribution in [0.25, 0.3) is 0 Å². The second-order valence-electron chi connectivity index (χ2n) is 5.91. The highest BCUT2D eigenvalue weighted by molar-refractivity contribution is 5.85. The third kappa shape index (κ3) is 2.51. The Labute approximate surface area is 136 Å². The van der Waals surface area contributed by atoms with Crippen molar-refractivity contribution in [3.8, 4) is 5.75 Å². The minimum atomic E-state index is -0.456. The quantitative estimate of drug-likeness (QED) is 0.856. The fourth-order valence-electron chi connectivity index (χ4n) is 3.25. The molecule has 2 heterocycles. The maximum Gasteiger partial charge on any atom is 0.412 e. The Kier molecular flexibility index (Phi) is 4.56. The average Bonchev–Trinajstić information content (AvgIpc) is 2.69. The van der Waals surface area contributed by atoms with Crippen LogP contribution in [0.4, 0.5) is 10.5 Å². The van der Waals surface area contributed by atoms with Crippen LogP contribution in [0.2, 0.25) is 0 Å². The first-order valence-corrected chi connectivity index (χ1v) is 7.10. The lowest BCUT2D eigenvalue weighted by Crippen LogP contribution is -2.52. The molecule has 1 aromatic carbocycles. The van der Waals surface area contributed by atoms with Gasteiger partial charge < -0.3 is 15.0 Å². The summed E-state index contributed by atoms with van der Waals surface area (Å²) in [5, 5.41) is 4.34. The molecule has 0 bridgehead atoms. The number of likely N-dealkylation sites (N-methyl/N-ethyl adjacent to an activating group) is 1. The van der Waals surface area contributed by atoms with E-state index in [9.17, 15) is 4.79 Å². The fourth-order valence-corrected chi connectivity index (χ4v) is 3.25. The van der Waals surface area contributed by atoms with Crippen LogP contribution in [0.1, 0.15) is 18.9 Å². The molecule has 6 nitrogen and oxygen atoms in total. The van der Waals surface area contributed by atoms with E-state index in [2.05, 4.69) is 17.1 Å². The smallest absolute Gasteiger partial charge is 0.410 e. The number of rotatable bonds is 1. The van der Waals surface area contributed by atoms with Crippen molar-refractivity contribution in [1.82, 2.24) is 10.4 Å². The monoisotopic (exact) mass is 327 g/mol. The van der Waals surface area contributed by atoms with Crippen molar-refractivity contribution >= 4 is 24.2 Å². The molecule has 7 heteroatoms. The third-order valence-electron chi connectivity index (χ3n) is 4.50. The first kappa shape index (κ1) is 16.9. The molecule has 0 spiro atoms. The van der Waals surface area contributed by atoms with Crippen LogP contribution in [0, 0.1) is 0 Å². The zero-order chi connectivity index (χ0) is 15.2. The molecule has 2 aliphatic heterocycles. The summed E-state index contributed by atoms with van der Waals surface area (Å²) >= 11 is 0. The van der Waals surface area contributed by atoms with Gasteiger partial charge in [0.1, 0.15) is 5.75 Å². The SMILES string of the molecule is CNC(=O)Oc1ccc2c(c1)[C@]1(C)CCN(C)O[C@@H]1N2C.Cl. The first-order valence-electron chi connectivity index (χ1n) is 7.10. The molecule has 22 heavy (non-hydrogen) atoms. The van der Waals surface area contributed by atoms with Gasteiger partial charge in [0.15, 0.2) is 6.23 Å². The molecule has 0 radical (unpaired) electrons. The summed E-state index contributed by atoms with van der Waals surface area (Å²) in [6.07, 6.45) is 0.513. The molecular formula is C15H22ClN3O3. The zero-order valence-corrected chi connectivity index (χ0v) is 14.1. The molecule has 1 fully saturated rings. The van der Waals surface area contributed by atoms with Gasteiger partial charge in [-0.2, -0.15) is 5.06 Å². The fraction of sp³-hybridized carbons (Fsp3) is 0.533. The number of fused-ring (bicyclic) bond motifs is 3. The number of anilines is 1. The van der Waals surface area contributed by atoms with E-state index in [0.717, 1.165) is 18.7 Å². The van der Waals surface area contributed by atoms with E-state index in [-0.39, 0.29) is 24.0 Å². The molecule has 0 saturated carbocycles. The van der Waals surface area contributed by atoms with E-state index < -0.39 is 6.09 Å². The summed E-state index contributed by atoms with van der Waals surface area (Å²) in [6.45, 7) is 3.08. The lowest BCUT2D eigenvalue weighted by atomic mass is 9.79. The number of hydrogen-bond acceptors (Lipinski definition) is 5. The molecule has 1 aromatic rings. The molecule has 0 aromatic heterocycles. The summed E-state index contributed by atoms with van der Waals surface area (Å²) in [5.74, 6) is 0.558. The maximum atomic E-state index is 11.4. The van der Waals surface area contributed by atoms with E-state index in [0.29, 0.717) is 5.75 Å². The van der Waals surface area contributed by atoms with Crippen LogP contribution in [0.3, 0.4) is 0 Å². The molecule has 0 aliphatic carbocycles. The van der Waals surface area contributed by atoms with Gasteiger partial charge in [0.25, 0.3) is 0 Å². The van der Waals surface area contributed by atoms with Gasteiger partial charge in [-0.05, 0) is 30.2 Å². The van der Waals surface area contributed by atoms with Crippen LogP contribution < -0.4 is 15.0 Å². The molecule has 1 saturated heterocycles. The zero-order valence-electron chi connectivity index (χ0n) is 13.3. The summed E-state index contributed by atoms with van der Waals surface area (Å²) in [6, 6.07) is 5.76. The van der Waals surface area contributed by atoms with E-state index >= 15 is 0 Å². The van der Waals surface area contributed by atoms with E-state index in [4.69, 9.17) is 9.57 Å². The first-order chi connectivity index (χ1) is 9.95. The molecule has 122 valence electrons. The summed E-state index contributed by atoms with van der Waals surface area (Å²) < 4.78 is 5.25. The van der Waals surface area contributed by atoms with Gasteiger partial charge >= 0.3 is 6.09 Å². The number of carbonyl (C=O) groups excluding carboxylic acids is 1. The largest absolute Gasteiger partial charge is 0.412 e. The summed E-state index contributed by atoms with van der Waals surface area (Å²) in [7, 11) is 5.54. The van der Waals surface area contributed by atoms with Gasteiger partial charge in [-0.25, -0.2) is 4.79 Å². The van der Waals surface area contributed by atoms with Crippen molar-refractivity contribution in [2.75, 3.05) is 32.6 Å². The average molecular weight is 328 g/mol. The predicted octanol–water partition coefficient (Wildman–Crippen LogP) is 2.13. The minimum Gasteiger partial charge on any atom is -0.410 e. The lowest BCUT2D eigenvalue weighted by Gasteiger charge is -2.42. The number of amides is 1. The van der Waals surface area contributed by atoms with Crippen LogP contribution in [0.5, 0.6) is 5.75 Å². The molecule has 1 N–H and O–H groups in total. The predicted molar refractivity (Wildman–Crippen MR) is 86.6 cm³/mol. The number of halogens is 1. The van der Waals surface area contributed by atoms with E-state index in [1.54, 1.807) is 7.05 Å². The van der Waals surface area contributed by atoms with Crippen molar-refractivity contribution in [3.63, 3.8) is 0 Å². The topological polar surface area (TPSA) is 54.0 Å². The van der Waals surface area contributed by atoms with Gasteiger partial charge in [0, 0.05) is 38.8 Å². The number of carbonyl (C=O) groups is 1. The summed E-state index contributed by atoms with van der Waals surface area (Å²) in [5.41, 5.74) is 2.20. The minimum absolute atomic E-state index is 0. The Balaban J connectivity index is 0.00000176. The van der Waals surface area contributed by atoms with E-state index in [1.165, 1.54) is 5.56 Å². The van der Waals surface area contributed by atoms with Crippen molar-refractivity contribution in [2.45, 2.75) is 25.0 Å². The van der Waals surface area contributed by atoms with Crippen molar-refractivity contribution in [2.24, 2.45) is 0 Å². The van der Waals surface area contributed by atoms with Crippen LogP contribution in [-0.2, 0) is 10.3 Å². The molecule has 3 rings (SSSR count). The van der Waals surface area contributed by atoms with E-state index in [1.807, 2.05) is 37.4 Å². The molecular weight excluding hydrogens is 306 g/mol. The number of hydrogen-bond donors (Lipinski definition) is 1. The van der Waals surface area contributed by atoms with Crippen molar-refractivity contribution in [3.05, 3.63) is 23.8 Å². The Morgan fingerprint density at radius 1 is 1.45 bits per heavy atom. The Bertz CT molecular complexity index is 583. The van der Waals surface area contributed by atoms with Crippen molar-refractivity contribution in [1.29, 1.82) is 0 Å². The number of hydroxylamine groups is 2. The molecule has 0 unspecified atom stereocenters. The molecule has 2 atom stereocenters. The van der Waals surface area contributed by atoms with Gasteiger partial charge in [0.05, 0.1) is 0 Å². The highest BCUT2D eigenvalue weighted by atomic mass is 35.5. The van der Waals surface area contributed by atoms with Gasteiger partial charge in [-0.15, -0.1) is 12.4 Å². The Morgan fingerprint density at radius 2 is 2.18 bits per heavy atom. The third-order valence-corrected chi connectivity index (χ3v) is 4.50. The molecule has 1 amide bonds. The highest BCUT2D eigenvalue weighted by Crippen LogP contribution is 2.50. The van der Waals surface area contributed by atoms with Crippen LogP contribution >= 0.6 is 12.4 Å². The van der Waals surface area contributed by atoms with Gasteiger partial charge in [-0.1, -0.05) is 6.92 Å². The summed E-state index contributed by atoms with van der Waals surface area (Å²) in [4.78, 5) is 19.5. The van der Waals surface area contributed by atoms with Gasteiger partial charge in [-0.3, -0.25) is 4.84 Å². The van der Waals surface area contributed by atoms with Gasteiger partial charge in [0.2, 0.25) is 0 Å². The Hall–Kier alpha value is -1.50. The lowest BCUT2D eigenvalue weighted by molar-refractivity contribution is -0.226. The second-order valence-corrected chi connectivity index (χ2v) is 5.91. The number of nitrogens with zero attached hydrogens (tertiary/aromatic N) is 2. The number of benzene rings is 1. The normalized spacial score (nSPS) is 26.7. The van der Waals surface area contributed by atoms with Crippen LogP contribution in [0.15, 0.2) is 18.2 Å².